The van der Waals surface area contributed by atoms with Crippen molar-refractivity contribution in [3.8, 4) is 5.75 Å². The number of hydrogen-bond donors (Lipinski definition) is 5. The topological polar surface area (TPSA) is 143 Å². The van der Waals surface area contributed by atoms with Gasteiger partial charge in [-0.1, -0.05) is 0 Å². The molecule has 32 heavy (non-hydrogen) atoms. The Hall–Kier alpha value is -2.76. The van der Waals surface area contributed by atoms with Crippen LogP contribution in [0.25, 0.3) is 0 Å². The number of carbonyl (C=O) groups is 3. The Morgan fingerprint density at radius 2 is 1.28 bits per heavy atom. The van der Waals surface area contributed by atoms with E-state index in [0.29, 0.717) is 26.2 Å². The summed E-state index contributed by atoms with van der Waals surface area (Å²) in [4.78, 5) is 41.2. The van der Waals surface area contributed by atoms with Gasteiger partial charge in [-0.2, -0.15) is 0 Å². The van der Waals surface area contributed by atoms with E-state index < -0.39 is 23.4 Å². The highest BCUT2D eigenvalue weighted by Crippen LogP contribution is 2.16. The first kappa shape index (κ1) is 25.5. The van der Waals surface area contributed by atoms with Crippen molar-refractivity contribution in [2.45, 2.75) is 26.4 Å². The molecular weight excluding hydrogens is 416 g/mol. The first-order valence-corrected chi connectivity index (χ1v) is 10.8. The molecule has 0 unspecified atom stereocenters. The number of carbonyl (C=O) groups excluding carboxylic acids is 3. The summed E-state index contributed by atoms with van der Waals surface area (Å²) in [5, 5.41) is 15.3. The highest BCUT2D eigenvalue weighted by molar-refractivity contribution is 5.97. The fourth-order valence-corrected chi connectivity index (χ4v) is 2.77. The summed E-state index contributed by atoms with van der Waals surface area (Å²) < 4.78 is 10.7. The van der Waals surface area contributed by atoms with Crippen LogP contribution in [-0.2, 0) is 9.53 Å². The van der Waals surface area contributed by atoms with E-state index in [4.69, 9.17) is 9.47 Å². The van der Waals surface area contributed by atoms with Crippen LogP contribution < -0.4 is 31.3 Å². The number of rotatable bonds is 3. The van der Waals surface area contributed by atoms with Crippen LogP contribution in [0.4, 0.5) is 0 Å². The summed E-state index contributed by atoms with van der Waals surface area (Å²) in [6.07, 6.45) is 0. The molecule has 0 saturated carbocycles. The molecule has 0 fully saturated rings. The Kier molecular flexibility index (Phi) is 10.3. The molecule has 5 N–H and O–H groups in total. The fourth-order valence-electron chi connectivity index (χ4n) is 2.77. The molecule has 0 aliphatic carbocycles. The van der Waals surface area contributed by atoms with Crippen molar-refractivity contribution in [1.82, 2.24) is 31.6 Å². The first-order valence-electron chi connectivity index (χ1n) is 10.8. The third kappa shape index (κ3) is 10.0. The highest BCUT2D eigenvalue weighted by Gasteiger charge is 2.19. The number of nitrogens with zero attached hydrogens (tertiary/aromatic N) is 1. The predicted molar refractivity (Wildman–Crippen MR) is 119 cm³/mol. The summed E-state index contributed by atoms with van der Waals surface area (Å²) >= 11 is 0. The van der Waals surface area contributed by atoms with Crippen LogP contribution in [0.5, 0.6) is 5.75 Å². The standard InChI is InChI=1S/C21H34N6O5/c1-21(2,3)32-18(28)14-31-15-12-16-19(29)25-10-8-23-6-4-22-5-7-24-9-11-26-20(30)17(13-15)27-16/h12-13,22-24H,4-11,14H2,1-3H3,(H,25,29)(H,26,30). The molecular formula is C21H34N6O5. The van der Waals surface area contributed by atoms with Gasteiger partial charge >= 0.3 is 5.97 Å². The molecule has 11 nitrogen and oxygen atoms in total. The monoisotopic (exact) mass is 450 g/mol. The Morgan fingerprint density at radius 3 is 1.72 bits per heavy atom. The van der Waals surface area contributed by atoms with Gasteiger partial charge < -0.3 is 36.1 Å². The second kappa shape index (κ2) is 12.9. The zero-order valence-electron chi connectivity index (χ0n) is 19.0. The van der Waals surface area contributed by atoms with Crippen LogP contribution in [0.15, 0.2) is 12.1 Å². The van der Waals surface area contributed by atoms with Gasteiger partial charge in [-0.15, -0.1) is 0 Å². The summed E-state index contributed by atoms with van der Waals surface area (Å²) in [5.41, 5.74) is -0.594. The molecule has 11 heteroatoms. The van der Waals surface area contributed by atoms with Crippen LogP contribution in [0.3, 0.4) is 0 Å². The molecule has 0 aromatic carbocycles. The molecule has 0 radical (unpaired) electrons. The van der Waals surface area contributed by atoms with Crippen LogP contribution in [0.1, 0.15) is 41.7 Å². The Balaban J connectivity index is 2.12. The minimum absolute atomic E-state index is 0.0257. The minimum atomic E-state index is -0.645. The molecule has 2 amide bonds. The lowest BCUT2D eigenvalue weighted by atomic mass is 10.2. The lowest BCUT2D eigenvalue weighted by molar-refractivity contribution is -0.157. The number of hydrogen-bond acceptors (Lipinski definition) is 9. The molecule has 2 heterocycles. The third-order valence-corrected chi connectivity index (χ3v) is 4.17. The molecule has 1 aliphatic rings. The Morgan fingerprint density at radius 1 is 0.844 bits per heavy atom. The number of ether oxygens (including phenoxy) is 2. The van der Waals surface area contributed by atoms with Gasteiger partial charge in [0, 0.05) is 64.5 Å². The number of pyridine rings is 1. The maximum Gasteiger partial charge on any atom is 0.344 e. The number of amides is 2. The van der Waals surface area contributed by atoms with Crippen LogP contribution in [0, 0.1) is 0 Å². The molecule has 1 aliphatic heterocycles. The lowest BCUT2D eigenvalue weighted by Gasteiger charge is -2.19. The summed E-state index contributed by atoms with van der Waals surface area (Å²) in [5.74, 6) is -1.26. The van der Waals surface area contributed by atoms with Gasteiger partial charge in [0.2, 0.25) is 0 Å². The normalized spacial score (nSPS) is 17.3. The lowest BCUT2D eigenvalue weighted by Crippen LogP contribution is -2.38. The van der Waals surface area contributed by atoms with Crippen LogP contribution in [0.2, 0.25) is 0 Å². The third-order valence-electron chi connectivity index (χ3n) is 4.17. The van der Waals surface area contributed by atoms with Gasteiger partial charge in [0.15, 0.2) is 6.61 Å². The molecule has 1 aromatic heterocycles. The Labute approximate surface area is 188 Å². The first-order chi connectivity index (χ1) is 15.2. The molecule has 178 valence electrons. The highest BCUT2D eigenvalue weighted by atomic mass is 16.6. The van der Waals surface area contributed by atoms with Gasteiger partial charge in [-0.05, 0) is 20.8 Å². The van der Waals surface area contributed by atoms with E-state index in [2.05, 4.69) is 31.6 Å². The van der Waals surface area contributed by atoms with Gasteiger partial charge in [-0.25, -0.2) is 9.78 Å². The van der Waals surface area contributed by atoms with Gasteiger partial charge in [-0.3, -0.25) is 9.59 Å². The van der Waals surface area contributed by atoms with Crippen LogP contribution in [-0.4, -0.2) is 87.3 Å². The number of nitrogens with one attached hydrogen (secondary N) is 5. The summed E-state index contributed by atoms with van der Waals surface area (Å²) in [7, 11) is 0. The SMILES string of the molecule is CC(C)(C)OC(=O)COc1cc2nc(c1)C(=O)NCCNCCNCCNCCNC2=O. The minimum Gasteiger partial charge on any atom is -0.482 e. The van der Waals surface area contributed by atoms with E-state index in [-0.39, 0.29) is 23.7 Å². The van der Waals surface area contributed by atoms with E-state index in [1.54, 1.807) is 20.8 Å². The van der Waals surface area contributed by atoms with Crippen molar-refractivity contribution < 1.29 is 23.9 Å². The van der Waals surface area contributed by atoms with E-state index >= 15 is 0 Å². The van der Waals surface area contributed by atoms with E-state index in [1.165, 1.54) is 12.1 Å². The summed E-state index contributed by atoms with van der Waals surface area (Å²) in [6.45, 7) is 10.1. The molecule has 0 saturated heterocycles. The second-order valence-electron chi connectivity index (χ2n) is 8.21. The predicted octanol–water partition coefficient (Wildman–Crippen LogP) is -0.956. The van der Waals surface area contributed by atoms with E-state index in [9.17, 15) is 14.4 Å². The second-order valence-corrected chi connectivity index (χ2v) is 8.21. The van der Waals surface area contributed by atoms with Crippen molar-refractivity contribution in [1.29, 1.82) is 0 Å². The molecule has 2 rings (SSSR count). The molecule has 0 atom stereocenters. The van der Waals surface area contributed by atoms with Crippen molar-refractivity contribution in [3.63, 3.8) is 0 Å². The summed E-state index contributed by atoms with van der Waals surface area (Å²) in [6, 6.07) is 2.79. The van der Waals surface area contributed by atoms with Crippen molar-refractivity contribution in [2.24, 2.45) is 0 Å². The molecule has 2 bridgehead atoms. The number of fused-ring (bicyclic) bond motifs is 2. The average Bonchev–Trinajstić information content (AvgIpc) is 2.73. The van der Waals surface area contributed by atoms with Gasteiger partial charge in [0.25, 0.3) is 11.8 Å². The van der Waals surface area contributed by atoms with Crippen molar-refractivity contribution >= 4 is 17.8 Å². The number of aromatic nitrogens is 1. The maximum atomic E-state index is 12.6. The zero-order valence-corrected chi connectivity index (χ0v) is 19.0. The molecule has 1 aromatic rings. The van der Waals surface area contributed by atoms with Crippen molar-refractivity contribution in [2.75, 3.05) is 59.0 Å². The zero-order chi connectivity index (χ0) is 23.4. The number of esters is 1. The van der Waals surface area contributed by atoms with Crippen LogP contribution >= 0.6 is 0 Å². The quantitative estimate of drug-likeness (QED) is 0.368. The van der Waals surface area contributed by atoms with E-state index in [1.807, 2.05) is 0 Å². The van der Waals surface area contributed by atoms with E-state index in [0.717, 1.165) is 26.2 Å². The Bertz CT molecular complexity index is 736. The van der Waals surface area contributed by atoms with Gasteiger partial charge in [0.05, 0.1) is 0 Å². The smallest absolute Gasteiger partial charge is 0.344 e. The fraction of sp³-hybridized carbons (Fsp3) is 0.619. The molecule has 0 spiro atoms. The average molecular weight is 451 g/mol. The maximum absolute atomic E-state index is 12.6. The van der Waals surface area contributed by atoms with Gasteiger partial charge in [0.1, 0.15) is 22.7 Å². The largest absolute Gasteiger partial charge is 0.482 e. The van der Waals surface area contributed by atoms with Crippen molar-refractivity contribution in [3.05, 3.63) is 23.5 Å².